The number of benzene rings is 1. The molecule has 0 radical (unpaired) electrons. The third kappa shape index (κ3) is 3.17. The number of amides is 1. The molecule has 1 saturated carbocycles. The summed E-state index contributed by atoms with van der Waals surface area (Å²) in [6, 6.07) is 9.10. The third-order valence-corrected chi connectivity index (χ3v) is 3.90. The largest absolute Gasteiger partial charge is 0.480 e. The molecule has 1 atom stereocenters. The van der Waals surface area contributed by atoms with Crippen LogP contribution in [0.25, 0.3) is 0 Å². The molecular formula is C15H20N2O3. The van der Waals surface area contributed by atoms with Crippen molar-refractivity contribution in [3.05, 3.63) is 35.9 Å². The fraction of sp³-hybridized carbons (Fsp3) is 0.467. The Balaban J connectivity index is 1.84. The summed E-state index contributed by atoms with van der Waals surface area (Å²) in [4.78, 5) is 23.2. The Kier molecular flexibility index (Phi) is 4.39. The number of carbonyl (C=O) groups is 2. The molecule has 1 amide bonds. The molecule has 0 bridgehead atoms. The molecule has 5 heteroatoms. The van der Waals surface area contributed by atoms with Crippen molar-refractivity contribution in [1.29, 1.82) is 0 Å². The molecule has 108 valence electrons. The predicted molar refractivity (Wildman–Crippen MR) is 75.1 cm³/mol. The summed E-state index contributed by atoms with van der Waals surface area (Å²) >= 11 is 0. The molecule has 0 unspecified atom stereocenters. The monoisotopic (exact) mass is 276 g/mol. The molecule has 0 saturated heterocycles. The summed E-state index contributed by atoms with van der Waals surface area (Å²) in [6.07, 6.45) is 3.01. The van der Waals surface area contributed by atoms with Crippen molar-refractivity contribution < 1.29 is 14.7 Å². The van der Waals surface area contributed by atoms with Gasteiger partial charge in [-0.25, -0.2) is 4.79 Å². The first-order valence-electron chi connectivity index (χ1n) is 6.88. The smallest absolute Gasteiger partial charge is 0.329 e. The fourth-order valence-corrected chi connectivity index (χ4v) is 2.35. The van der Waals surface area contributed by atoms with E-state index in [1.165, 1.54) is 0 Å². The van der Waals surface area contributed by atoms with Crippen LogP contribution in [0.15, 0.2) is 30.3 Å². The van der Waals surface area contributed by atoms with Crippen LogP contribution in [0.4, 0.5) is 0 Å². The van der Waals surface area contributed by atoms with Crippen LogP contribution in [0.5, 0.6) is 0 Å². The summed E-state index contributed by atoms with van der Waals surface area (Å²) in [6.45, 7) is 0. The average Bonchev–Trinajstić information content (AvgIpc) is 2.40. The van der Waals surface area contributed by atoms with Gasteiger partial charge in [-0.15, -0.1) is 0 Å². The maximum atomic E-state index is 12.0. The van der Waals surface area contributed by atoms with Crippen molar-refractivity contribution >= 4 is 11.9 Å². The summed E-state index contributed by atoms with van der Waals surface area (Å²) in [5, 5.41) is 11.8. The van der Waals surface area contributed by atoms with Crippen LogP contribution in [0, 0.1) is 0 Å². The molecule has 1 aliphatic carbocycles. The molecule has 2 rings (SSSR count). The minimum absolute atomic E-state index is 0.372. The molecular weight excluding hydrogens is 256 g/mol. The molecule has 1 aromatic rings. The van der Waals surface area contributed by atoms with E-state index in [1.807, 2.05) is 30.3 Å². The van der Waals surface area contributed by atoms with E-state index in [2.05, 4.69) is 5.32 Å². The Morgan fingerprint density at radius 3 is 2.45 bits per heavy atom. The molecule has 0 aliphatic heterocycles. The van der Waals surface area contributed by atoms with Gasteiger partial charge in [0.05, 0.1) is 6.04 Å². The maximum Gasteiger partial charge on any atom is 0.329 e. The van der Waals surface area contributed by atoms with E-state index in [9.17, 15) is 9.59 Å². The van der Waals surface area contributed by atoms with Gasteiger partial charge >= 0.3 is 5.97 Å². The maximum absolute atomic E-state index is 12.0. The van der Waals surface area contributed by atoms with Crippen molar-refractivity contribution in [2.24, 2.45) is 5.73 Å². The predicted octanol–water partition coefficient (Wildman–Crippen LogP) is 1.07. The standard InChI is InChI=1S/C15H20N2O3/c16-12(8-7-11-5-2-1-3-6-11)13(18)17-15(14(19)20)9-4-10-15/h1-3,5-6,12H,4,7-10,16H2,(H,17,18)(H,19,20)/t12-/m0/s1. The van der Waals surface area contributed by atoms with E-state index in [4.69, 9.17) is 10.8 Å². The minimum atomic E-state index is -1.08. The van der Waals surface area contributed by atoms with Crippen molar-refractivity contribution in [2.75, 3.05) is 0 Å². The second-order valence-corrected chi connectivity index (χ2v) is 5.36. The van der Waals surface area contributed by atoms with Gasteiger partial charge in [0.1, 0.15) is 5.54 Å². The van der Waals surface area contributed by atoms with E-state index in [0.717, 1.165) is 12.0 Å². The van der Waals surface area contributed by atoms with Crippen LogP contribution >= 0.6 is 0 Å². The average molecular weight is 276 g/mol. The van der Waals surface area contributed by atoms with Gasteiger partial charge < -0.3 is 16.2 Å². The Labute approximate surface area is 118 Å². The molecule has 1 aromatic carbocycles. The zero-order chi connectivity index (χ0) is 14.6. The highest BCUT2D eigenvalue weighted by Crippen LogP contribution is 2.32. The number of rotatable bonds is 6. The van der Waals surface area contributed by atoms with Crippen LogP contribution < -0.4 is 11.1 Å². The second kappa shape index (κ2) is 6.05. The van der Waals surface area contributed by atoms with Crippen LogP contribution in [-0.2, 0) is 16.0 Å². The lowest BCUT2D eigenvalue weighted by Gasteiger charge is -2.38. The van der Waals surface area contributed by atoms with Crippen molar-refractivity contribution in [2.45, 2.75) is 43.7 Å². The zero-order valence-electron chi connectivity index (χ0n) is 11.3. The van der Waals surface area contributed by atoms with Gasteiger partial charge in [0.15, 0.2) is 0 Å². The zero-order valence-corrected chi connectivity index (χ0v) is 11.3. The SMILES string of the molecule is N[C@@H](CCc1ccccc1)C(=O)NC1(C(=O)O)CCC1. The highest BCUT2D eigenvalue weighted by molar-refractivity contribution is 5.90. The number of hydrogen-bond acceptors (Lipinski definition) is 3. The summed E-state index contributed by atoms with van der Waals surface area (Å²) in [5.41, 5.74) is 5.88. The second-order valence-electron chi connectivity index (χ2n) is 5.36. The molecule has 5 nitrogen and oxygen atoms in total. The van der Waals surface area contributed by atoms with Gasteiger partial charge in [-0.1, -0.05) is 30.3 Å². The number of carboxylic acid groups (broad SMARTS) is 1. The van der Waals surface area contributed by atoms with Crippen molar-refractivity contribution in [1.82, 2.24) is 5.32 Å². The highest BCUT2D eigenvalue weighted by Gasteiger charge is 2.46. The minimum Gasteiger partial charge on any atom is -0.480 e. The molecule has 20 heavy (non-hydrogen) atoms. The number of nitrogens with one attached hydrogen (secondary N) is 1. The lowest BCUT2D eigenvalue weighted by Crippen LogP contribution is -2.61. The molecule has 1 aliphatic rings. The quantitative estimate of drug-likeness (QED) is 0.724. The van der Waals surface area contributed by atoms with Crippen LogP contribution in [0.1, 0.15) is 31.2 Å². The summed E-state index contributed by atoms with van der Waals surface area (Å²) in [7, 11) is 0. The van der Waals surface area contributed by atoms with Crippen molar-refractivity contribution in [3.63, 3.8) is 0 Å². The lowest BCUT2D eigenvalue weighted by molar-refractivity contribution is -0.152. The molecule has 4 N–H and O–H groups in total. The number of aliphatic carboxylic acids is 1. The Bertz CT molecular complexity index is 483. The number of aryl methyl sites for hydroxylation is 1. The van der Waals surface area contributed by atoms with Crippen LogP contribution in [0.3, 0.4) is 0 Å². The number of carbonyl (C=O) groups excluding carboxylic acids is 1. The van der Waals surface area contributed by atoms with Crippen molar-refractivity contribution in [3.8, 4) is 0 Å². The van der Waals surface area contributed by atoms with Gasteiger partial charge in [0, 0.05) is 0 Å². The molecule has 0 spiro atoms. The van der Waals surface area contributed by atoms with Gasteiger partial charge in [0.25, 0.3) is 0 Å². The van der Waals surface area contributed by atoms with E-state index < -0.39 is 17.6 Å². The first-order chi connectivity index (χ1) is 9.53. The summed E-state index contributed by atoms with van der Waals surface area (Å²) in [5.74, 6) is -1.34. The Morgan fingerprint density at radius 1 is 1.30 bits per heavy atom. The summed E-state index contributed by atoms with van der Waals surface area (Å²) < 4.78 is 0. The van der Waals surface area contributed by atoms with Gasteiger partial charge in [0.2, 0.25) is 5.91 Å². The van der Waals surface area contributed by atoms with E-state index >= 15 is 0 Å². The van der Waals surface area contributed by atoms with Gasteiger partial charge in [-0.05, 0) is 37.7 Å². The number of nitrogens with two attached hydrogens (primary N) is 1. The Morgan fingerprint density at radius 2 is 1.95 bits per heavy atom. The van der Waals surface area contributed by atoms with E-state index in [-0.39, 0.29) is 5.91 Å². The van der Waals surface area contributed by atoms with E-state index in [1.54, 1.807) is 0 Å². The van der Waals surface area contributed by atoms with Gasteiger partial charge in [-0.2, -0.15) is 0 Å². The fourth-order valence-electron chi connectivity index (χ4n) is 2.35. The first kappa shape index (κ1) is 14.5. The third-order valence-electron chi connectivity index (χ3n) is 3.90. The normalized spacial score (nSPS) is 17.9. The van der Waals surface area contributed by atoms with Gasteiger partial charge in [-0.3, -0.25) is 4.79 Å². The van der Waals surface area contributed by atoms with E-state index in [0.29, 0.717) is 25.7 Å². The molecule has 0 heterocycles. The molecule has 1 fully saturated rings. The van der Waals surface area contributed by atoms with Crippen LogP contribution in [-0.4, -0.2) is 28.6 Å². The lowest BCUT2D eigenvalue weighted by atomic mass is 9.76. The number of carboxylic acids is 1. The van der Waals surface area contributed by atoms with Crippen LogP contribution in [0.2, 0.25) is 0 Å². The number of hydrogen-bond donors (Lipinski definition) is 3. The molecule has 0 aromatic heterocycles. The topological polar surface area (TPSA) is 92.4 Å². The highest BCUT2D eigenvalue weighted by atomic mass is 16.4. The first-order valence-corrected chi connectivity index (χ1v) is 6.88. The Hall–Kier alpha value is -1.88.